The maximum absolute atomic E-state index is 11.8. The summed E-state index contributed by atoms with van der Waals surface area (Å²) in [6, 6.07) is -1.06. The Morgan fingerprint density at radius 2 is 1.43 bits per heavy atom. The van der Waals surface area contributed by atoms with Crippen molar-refractivity contribution >= 4 is 29.6 Å². The average Bonchev–Trinajstić information content (AvgIpc) is 2.82. The Morgan fingerprint density at radius 3 is 1.90 bits per heavy atom. The molecule has 0 bridgehead atoms. The Bertz CT molecular complexity index is 882. The normalized spacial score (nSPS) is 14.1. The van der Waals surface area contributed by atoms with Crippen LogP contribution in [0.1, 0.15) is 117 Å². The van der Waals surface area contributed by atoms with Gasteiger partial charge in [0.05, 0.1) is 18.0 Å². The van der Waals surface area contributed by atoms with Gasteiger partial charge in [-0.25, -0.2) is 9.97 Å². The molecule has 3 atom stereocenters. The van der Waals surface area contributed by atoms with Crippen molar-refractivity contribution in [3.8, 4) is 0 Å². The summed E-state index contributed by atoms with van der Waals surface area (Å²) in [5.41, 5.74) is 1.14. The van der Waals surface area contributed by atoms with Crippen LogP contribution >= 0.6 is 11.8 Å². The van der Waals surface area contributed by atoms with Gasteiger partial charge in [0, 0.05) is 28.5 Å². The number of aromatic carboxylic acids is 1. The summed E-state index contributed by atoms with van der Waals surface area (Å²) in [6.07, 6.45) is 15.8. The van der Waals surface area contributed by atoms with Crippen LogP contribution in [0, 0.1) is 17.8 Å². The number of hydrogen-bond acceptors (Lipinski definition) is 8. The molecule has 0 saturated carbocycles. The predicted molar refractivity (Wildman–Crippen MR) is 154 cm³/mol. The molecule has 0 radical (unpaired) electrons. The number of aliphatic carboxylic acids is 1. The molecule has 0 aliphatic rings. The number of carboxylic acids is 2. The van der Waals surface area contributed by atoms with Crippen LogP contribution in [0.15, 0.2) is 24.0 Å². The second-order valence-corrected chi connectivity index (χ2v) is 13.5. The molecule has 1 aromatic rings. The number of allylic oxidation sites excluding steroid dienone is 1. The van der Waals surface area contributed by atoms with E-state index in [9.17, 15) is 19.8 Å². The summed E-state index contributed by atoms with van der Waals surface area (Å²) in [5, 5.41) is 25.5. The zero-order valence-electron chi connectivity index (χ0n) is 26.5. The maximum atomic E-state index is 11.8. The molecule has 1 rings (SSSR count). The number of rotatable bonds is 20. The van der Waals surface area contributed by atoms with Gasteiger partial charge >= 0.3 is 59.1 Å². The number of thioether (sulfide) groups is 1. The molecule has 7 nitrogen and oxygen atoms in total. The molecule has 0 fully saturated rings. The molecule has 0 aliphatic carbocycles. The third-order valence-corrected chi connectivity index (χ3v) is 8.43. The molecule has 0 saturated heterocycles. The number of nitrogens with one attached hydrogen (secondary N) is 1. The molecule has 0 amide bonds. The van der Waals surface area contributed by atoms with Crippen LogP contribution in [0.25, 0.3) is 0 Å². The third-order valence-electron chi connectivity index (χ3n) is 7.12. The van der Waals surface area contributed by atoms with Gasteiger partial charge in [0.15, 0.2) is 0 Å². The third kappa shape index (κ3) is 18.4. The zero-order valence-corrected chi connectivity index (χ0v) is 31.4. The van der Waals surface area contributed by atoms with E-state index in [-0.39, 0.29) is 70.6 Å². The van der Waals surface area contributed by atoms with E-state index < -0.39 is 22.7 Å². The second-order valence-electron chi connectivity index (χ2n) is 11.8. The van der Waals surface area contributed by atoms with E-state index >= 15 is 0 Å². The Hall–Kier alpha value is -0.0900. The number of nitrogens with zero attached hydrogens (tertiary/aromatic N) is 2. The number of anilines is 1. The van der Waals surface area contributed by atoms with Crippen LogP contribution in [-0.4, -0.2) is 38.4 Å². The number of carbonyl (C=O) groups excluding carboxylic acids is 2. The first-order chi connectivity index (χ1) is 17.8. The first kappa shape index (κ1) is 42.0. The van der Waals surface area contributed by atoms with Crippen molar-refractivity contribution in [2.45, 2.75) is 117 Å². The minimum atomic E-state index is -1.39. The van der Waals surface area contributed by atoms with Crippen molar-refractivity contribution in [1.82, 2.24) is 9.97 Å². The van der Waals surface area contributed by atoms with Gasteiger partial charge in [-0.05, 0) is 51.4 Å². The number of carbonyl (C=O) groups is 2. The summed E-state index contributed by atoms with van der Waals surface area (Å²) >= 11 is 1.51. The zero-order chi connectivity index (χ0) is 28.7. The Balaban J connectivity index is 0. The van der Waals surface area contributed by atoms with Gasteiger partial charge in [-0.15, -0.1) is 11.8 Å². The Kier molecular flexibility index (Phi) is 23.6. The van der Waals surface area contributed by atoms with E-state index in [1.165, 1.54) is 68.7 Å². The van der Waals surface area contributed by atoms with Gasteiger partial charge in [0.25, 0.3) is 0 Å². The fraction of sp³-hybridized carbons (Fsp3) is 0.733. The summed E-state index contributed by atoms with van der Waals surface area (Å²) in [7, 11) is 0. The SMILES string of the molecule is C/C(=C\CSC(C)(C)C(Nc1ncc(C(=O)[O-])cn1)C(=O)[O-])CCCC(C)CCCC(C)CCCC(C)C.[Na+].[Na+]. The van der Waals surface area contributed by atoms with Crippen LogP contribution in [0.2, 0.25) is 0 Å². The molecule has 1 aromatic heterocycles. The molecule has 0 aromatic carbocycles. The summed E-state index contributed by atoms with van der Waals surface area (Å²) < 4.78 is -0.716. The van der Waals surface area contributed by atoms with Gasteiger partial charge in [0.2, 0.25) is 5.95 Å². The first-order valence-corrected chi connectivity index (χ1v) is 15.1. The first-order valence-electron chi connectivity index (χ1n) is 14.1. The van der Waals surface area contributed by atoms with Crippen LogP contribution < -0.4 is 74.6 Å². The molecular weight excluding hydrogens is 544 g/mol. The molecule has 1 N–H and O–H groups in total. The fourth-order valence-electron chi connectivity index (χ4n) is 4.45. The standard InChI is InChI=1S/C30H51N3O4S.2Na/c1-21(2)11-8-12-22(3)13-9-14-23(4)15-10-16-24(5)17-18-38-30(6,7)26(28(36)37)33-29-31-19-25(20-32-29)27(34)35;;/h17,19-23,26H,8-16,18H2,1-7H3,(H,34,35)(H,36,37)(H,31,32,33);;/q;2*+1/p-2/b24-17+;;. The Morgan fingerprint density at radius 1 is 0.925 bits per heavy atom. The van der Waals surface area contributed by atoms with E-state index in [0.29, 0.717) is 5.75 Å². The summed E-state index contributed by atoms with van der Waals surface area (Å²) in [6.45, 7) is 15.2. The van der Waals surface area contributed by atoms with Crippen molar-refractivity contribution in [2.75, 3.05) is 11.1 Å². The molecule has 10 heteroatoms. The molecule has 0 spiro atoms. The monoisotopic (exact) mass is 593 g/mol. The van der Waals surface area contributed by atoms with E-state index in [4.69, 9.17) is 0 Å². The number of hydrogen-bond donors (Lipinski definition) is 1. The molecule has 1 heterocycles. The van der Waals surface area contributed by atoms with Gasteiger partial charge < -0.3 is 25.1 Å². The minimum absolute atomic E-state index is 0. The van der Waals surface area contributed by atoms with Crippen molar-refractivity contribution in [2.24, 2.45) is 17.8 Å². The van der Waals surface area contributed by atoms with E-state index in [2.05, 4.69) is 56.0 Å². The Labute approximate surface area is 291 Å². The largest absolute Gasteiger partial charge is 1.00 e. The molecule has 0 aliphatic heterocycles. The van der Waals surface area contributed by atoms with Crippen LogP contribution in [0.3, 0.4) is 0 Å². The molecule has 40 heavy (non-hydrogen) atoms. The van der Waals surface area contributed by atoms with Gasteiger partial charge in [-0.2, -0.15) is 0 Å². The van der Waals surface area contributed by atoms with E-state index in [1.54, 1.807) is 0 Å². The van der Waals surface area contributed by atoms with E-state index in [1.807, 2.05) is 13.8 Å². The van der Waals surface area contributed by atoms with Crippen molar-refractivity contribution in [3.05, 3.63) is 29.6 Å². The van der Waals surface area contributed by atoms with E-state index in [0.717, 1.165) is 36.6 Å². The van der Waals surface area contributed by atoms with Crippen molar-refractivity contribution in [3.63, 3.8) is 0 Å². The van der Waals surface area contributed by atoms with Crippen LogP contribution in [-0.2, 0) is 4.79 Å². The molecule has 216 valence electrons. The van der Waals surface area contributed by atoms with Crippen molar-refractivity contribution < 1.29 is 78.9 Å². The molecular formula is C30H49N3Na2O4S. The average molecular weight is 594 g/mol. The topological polar surface area (TPSA) is 118 Å². The van der Waals surface area contributed by atoms with Gasteiger partial charge in [-0.1, -0.05) is 84.3 Å². The smallest absolute Gasteiger partial charge is 0.548 e. The maximum Gasteiger partial charge on any atom is 1.00 e. The van der Waals surface area contributed by atoms with Gasteiger partial charge in [0.1, 0.15) is 0 Å². The predicted octanol–water partition coefficient (Wildman–Crippen LogP) is -0.724. The molecule has 3 unspecified atom stereocenters. The number of aromatic nitrogens is 2. The van der Waals surface area contributed by atoms with Crippen molar-refractivity contribution in [1.29, 1.82) is 0 Å². The summed E-state index contributed by atoms with van der Waals surface area (Å²) in [4.78, 5) is 30.5. The van der Waals surface area contributed by atoms with Crippen LogP contribution in [0.4, 0.5) is 5.95 Å². The fourth-order valence-corrected chi connectivity index (χ4v) is 5.56. The minimum Gasteiger partial charge on any atom is -0.548 e. The summed E-state index contributed by atoms with van der Waals surface area (Å²) in [5.74, 6) is 0.441. The quantitative estimate of drug-likeness (QED) is 0.156. The van der Waals surface area contributed by atoms with Crippen LogP contribution in [0.5, 0.6) is 0 Å². The van der Waals surface area contributed by atoms with Gasteiger partial charge in [-0.3, -0.25) is 0 Å². The second kappa shape index (κ2) is 22.4. The number of carboxylic acid groups (broad SMARTS) is 2.